The molecular weight excluding hydrogens is 390 g/mol. The van der Waals surface area contributed by atoms with Crippen LogP contribution in [-0.4, -0.2) is 31.0 Å². The van der Waals surface area contributed by atoms with Crippen molar-refractivity contribution in [2.45, 2.75) is 32.7 Å². The Morgan fingerprint density at radius 1 is 0.862 bits per heavy atom. The molecule has 3 rings (SSSR count). The first kappa shape index (κ1) is 20.4. The Kier molecular flexibility index (Phi) is 6.15. The number of anilines is 3. The fourth-order valence-electron chi connectivity index (χ4n) is 2.34. The van der Waals surface area contributed by atoms with Gasteiger partial charge in [-0.1, -0.05) is 6.07 Å². The van der Waals surface area contributed by atoms with Crippen molar-refractivity contribution in [3.05, 3.63) is 47.9 Å². The summed E-state index contributed by atoms with van der Waals surface area (Å²) >= 11 is 0. The molecule has 2 N–H and O–H groups in total. The Bertz CT molecular complexity index is 993. The molecule has 0 radical (unpaired) electrons. The van der Waals surface area contributed by atoms with Gasteiger partial charge in [0.1, 0.15) is 17.1 Å². The molecule has 7 nitrogen and oxygen atoms in total. The fraction of sp³-hybridized carbons (Fsp3) is 0.278. The number of nitrogens with one attached hydrogen (secondary N) is 2. The predicted molar refractivity (Wildman–Crippen MR) is 103 cm³/mol. The minimum atomic E-state index is -2.74. The molecule has 0 aliphatic carbocycles. The van der Waals surface area contributed by atoms with E-state index in [1.54, 1.807) is 0 Å². The van der Waals surface area contributed by atoms with Crippen molar-refractivity contribution in [3.8, 4) is 11.5 Å². The number of alkyl halides is 4. The van der Waals surface area contributed by atoms with E-state index in [0.717, 1.165) is 0 Å². The first-order valence-electron chi connectivity index (χ1n) is 8.61. The van der Waals surface area contributed by atoms with Crippen LogP contribution < -0.4 is 10.6 Å². The third-order valence-electron chi connectivity index (χ3n) is 3.54. The Labute approximate surface area is 166 Å². The van der Waals surface area contributed by atoms with Crippen LogP contribution in [0.3, 0.4) is 0 Å². The quantitative estimate of drug-likeness (QED) is 0.513. The molecule has 0 aliphatic rings. The molecule has 3 heterocycles. The van der Waals surface area contributed by atoms with Gasteiger partial charge in [0.2, 0.25) is 11.9 Å². The minimum Gasteiger partial charge on any atom is -0.352 e. The van der Waals surface area contributed by atoms with E-state index in [9.17, 15) is 17.6 Å². The van der Waals surface area contributed by atoms with E-state index in [0.29, 0.717) is 0 Å². The maximum absolute atomic E-state index is 13.0. The van der Waals surface area contributed by atoms with Crippen LogP contribution in [-0.2, 0) is 0 Å². The molecule has 0 aliphatic heterocycles. The van der Waals surface area contributed by atoms with E-state index in [-0.39, 0.29) is 38.0 Å². The largest absolute Gasteiger partial charge is 0.352 e. The molecule has 11 heteroatoms. The zero-order valence-electron chi connectivity index (χ0n) is 15.4. The third kappa shape index (κ3) is 5.33. The molecule has 0 atom stereocenters. The molecule has 0 bridgehead atoms. The topological polar surface area (TPSA) is 88.5 Å². The summed E-state index contributed by atoms with van der Waals surface area (Å²) in [5.41, 5.74) is -0.400. The van der Waals surface area contributed by atoms with E-state index in [1.807, 2.05) is 13.8 Å². The van der Waals surface area contributed by atoms with Gasteiger partial charge in [0.15, 0.2) is 5.82 Å². The van der Waals surface area contributed by atoms with Crippen molar-refractivity contribution >= 4 is 17.6 Å². The third-order valence-corrected chi connectivity index (χ3v) is 3.54. The number of pyridine rings is 2. The van der Waals surface area contributed by atoms with Crippen LogP contribution in [0.15, 0.2) is 36.5 Å². The first-order chi connectivity index (χ1) is 13.8. The molecule has 29 heavy (non-hydrogen) atoms. The number of nitrogens with zero attached hydrogens (tertiary/aromatic N) is 5. The van der Waals surface area contributed by atoms with Gasteiger partial charge in [-0.05, 0) is 38.1 Å². The second-order valence-electron chi connectivity index (χ2n) is 6.25. The highest BCUT2D eigenvalue weighted by molar-refractivity contribution is 5.59. The van der Waals surface area contributed by atoms with E-state index in [1.165, 1.54) is 36.5 Å². The molecular formula is C18H21F4N7. The van der Waals surface area contributed by atoms with Crippen molar-refractivity contribution in [3.63, 3.8) is 0 Å². The predicted octanol–water partition coefficient (Wildman–Crippen LogP) is 5.26. The second kappa shape index (κ2) is 8.76. The van der Waals surface area contributed by atoms with Gasteiger partial charge in [-0.15, -0.1) is 0 Å². The van der Waals surface area contributed by atoms with Gasteiger partial charge in [0.05, 0.1) is 0 Å². The first-order valence-corrected chi connectivity index (χ1v) is 8.61. The molecule has 3 aromatic rings. The maximum Gasteiger partial charge on any atom is 0.280 e. The summed E-state index contributed by atoms with van der Waals surface area (Å²) < 4.78 is 51.7. The summed E-state index contributed by atoms with van der Waals surface area (Å²) in [6.45, 7) is 3.73. The molecule has 156 valence electrons. The zero-order chi connectivity index (χ0) is 21.0. The summed E-state index contributed by atoms with van der Waals surface area (Å²) in [6, 6.07) is 6.73. The number of hydrogen-bond donors (Lipinski definition) is 2. The lowest BCUT2D eigenvalue weighted by Crippen LogP contribution is -2.14. The van der Waals surface area contributed by atoms with Crippen molar-refractivity contribution in [1.82, 2.24) is 24.9 Å². The Morgan fingerprint density at radius 2 is 1.59 bits per heavy atom. The number of rotatable bonds is 7. The molecule has 3 aromatic heterocycles. The fourth-order valence-corrected chi connectivity index (χ4v) is 2.34. The highest BCUT2D eigenvalue weighted by Crippen LogP contribution is 2.24. The highest BCUT2D eigenvalue weighted by atomic mass is 19.3. The number of aromatic nitrogens is 5. The van der Waals surface area contributed by atoms with Gasteiger partial charge in [-0.25, -0.2) is 22.5 Å². The van der Waals surface area contributed by atoms with Gasteiger partial charge >= 0.3 is 0 Å². The second-order valence-corrected chi connectivity index (χ2v) is 6.25. The SMILES string of the molecule is CC(C)Nc1nc(Nc2ccnc(C(F)F)c2)nc(-c2cccc(C(F)F)n2)n1.[HH].[HH]. The van der Waals surface area contributed by atoms with Crippen LogP contribution >= 0.6 is 0 Å². The van der Waals surface area contributed by atoms with Crippen LogP contribution in [0.2, 0.25) is 0 Å². The number of hydrogen-bond acceptors (Lipinski definition) is 7. The van der Waals surface area contributed by atoms with Gasteiger partial charge in [0.25, 0.3) is 12.9 Å². The van der Waals surface area contributed by atoms with E-state index >= 15 is 0 Å². The summed E-state index contributed by atoms with van der Waals surface area (Å²) in [6.07, 6.45) is -4.25. The Hall–Kier alpha value is -3.37. The van der Waals surface area contributed by atoms with E-state index < -0.39 is 24.2 Å². The normalized spacial score (nSPS) is 11.3. The van der Waals surface area contributed by atoms with Gasteiger partial charge < -0.3 is 10.6 Å². The van der Waals surface area contributed by atoms with Crippen molar-refractivity contribution < 1.29 is 20.4 Å². The summed E-state index contributed by atoms with van der Waals surface area (Å²) in [7, 11) is 0. The van der Waals surface area contributed by atoms with Crippen LogP contribution in [0.1, 0.15) is 40.9 Å². The molecule has 0 unspecified atom stereocenters. The smallest absolute Gasteiger partial charge is 0.280 e. The Morgan fingerprint density at radius 3 is 2.28 bits per heavy atom. The van der Waals surface area contributed by atoms with E-state index in [4.69, 9.17) is 0 Å². The number of halogens is 4. The molecule has 0 fully saturated rings. The van der Waals surface area contributed by atoms with Gasteiger partial charge in [-0.2, -0.15) is 15.0 Å². The standard InChI is InChI=1S/C18H17F4N7.2H2/c1-9(2)24-17-27-16(12-5-3-4-11(26-12)14(19)20)28-18(29-17)25-10-6-7-23-13(8-10)15(21)22;;/h3-9,14-15H,1-2H3,(H2,23,24,25,27,28,29);2*1H. The lowest BCUT2D eigenvalue weighted by atomic mass is 10.3. The highest BCUT2D eigenvalue weighted by Gasteiger charge is 2.15. The monoisotopic (exact) mass is 411 g/mol. The van der Waals surface area contributed by atoms with Crippen LogP contribution in [0.4, 0.5) is 35.1 Å². The average molecular weight is 411 g/mol. The Balaban J connectivity index is 0.00000240. The van der Waals surface area contributed by atoms with Crippen LogP contribution in [0, 0.1) is 0 Å². The molecule has 0 saturated carbocycles. The molecule has 0 saturated heterocycles. The summed E-state index contributed by atoms with van der Waals surface area (Å²) in [4.78, 5) is 20.1. The molecule has 0 amide bonds. The minimum absolute atomic E-state index is 0. The van der Waals surface area contributed by atoms with Gasteiger partial charge in [0, 0.05) is 20.8 Å². The maximum atomic E-state index is 13.0. The van der Waals surface area contributed by atoms with Crippen LogP contribution in [0.25, 0.3) is 11.5 Å². The van der Waals surface area contributed by atoms with Gasteiger partial charge in [-0.3, -0.25) is 4.98 Å². The van der Waals surface area contributed by atoms with Crippen molar-refractivity contribution in [1.29, 1.82) is 0 Å². The van der Waals surface area contributed by atoms with Crippen molar-refractivity contribution in [2.75, 3.05) is 10.6 Å². The molecule has 0 aromatic carbocycles. The van der Waals surface area contributed by atoms with E-state index in [2.05, 4.69) is 35.6 Å². The van der Waals surface area contributed by atoms with Crippen LogP contribution in [0.5, 0.6) is 0 Å². The molecule has 0 spiro atoms. The lowest BCUT2D eigenvalue weighted by Gasteiger charge is -2.12. The summed E-state index contributed by atoms with van der Waals surface area (Å²) in [5.74, 6) is 0.269. The average Bonchev–Trinajstić information content (AvgIpc) is 2.67. The lowest BCUT2D eigenvalue weighted by molar-refractivity contribution is 0.145. The zero-order valence-corrected chi connectivity index (χ0v) is 15.4. The van der Waals surface area contributed by atoms with Crippen molar-refractivity contribution in [2.24, 2.45) is 0 Å². The summed E-state index contributed by atoms with van der Waals surface area (Å²) in [5, 5.41) is 5.81.